The molecule has 1 aliphatic rings. The van der Waals surface area contributed by atoms with Crippen LogP contribution in [0.1, 0.15) is 40.5 Å². The van der Waals surface area contributed by atoms with Gasteiger partial charge >= 0.3 is 5.97 Å². The van der Waals surface area contributed by atoms with E-state index in [9.17, 15) is 9.59 Å². The number of hydrogen-bond donors (Lipinski definition) is 1. The zero-order valence-electron chi connectivity index (χ0n) is 11.9. The second kappa shape index (κ2) is 5.63. The summed E-state index contributed by atoms with van der Waals surface area (Å²) in [5.74, 6) is -0.419. The number of benzene rings is 1. The lowest BCUT2D eigenvalue weighted by Crippen LogP contribution is -2.49. The van der Waals surface area contributed by atoms with Crippen molar-refractivity contribution in [3.8, 4) is 0 Å². The molecule has 0 saturated carbocycles. The van der Waals surface area contributed by atoms with Gasteiger partial charge in [0.05, 0.1) is 12.7 Å². The number of carbonyl (C=O) groups is 2. The summed E-state index contributed by atoms with van der Waals surface area (Å²) in [7, 11) is 1.33. The first-order valence-corrected chi connectivity index (χ1v) is 6.69. The largest absolute Gasteiger partial charge is 0.465 e. The molecule has 0 radical (unpaired) electrons. The van der Waals surface area contributed by atoms with Crippen LogP contribution in [0.25, 0.3) is 0 Å². The molecule has 108 valence electrons. The fraction of sp³-hybridized carbons (Fsp3) is 0.467. The van der Waals surface area contributed by atoms with Gasteiger partial charge in [-0.05, 0) is 44.0 Å². The van der Waals surface area contributed by atoms with Gasteiger partial charge in [0.2, 0.25) is 0 Å². The Morgan fingerprint density at radius 3 is 2.15 bits per heavy atom. The van der Waals surface area contributed by atoms with Gasteiger partial charge in [0, 0.05) is 24.2 Å². The Labute approximate surface area is 118 Å². The molecule has 1 aliphatic heterocycles. The smallest absolute Gasteiger partial charge is 0.337 e. The minimum Gasteiger partial charge on any atom is -0.465 e. The summed E-state index contributed by atoms with van der Waals surface area (Å²) in [6.07, 6.45) is 1.61. The van der Waals surface area contributed by atoms with Crippen LogP contribution in [-0.2, 0) is 4.74 Å². The Balaban J connectivity index is 2.05. The van der Waals surface area contributed by atoms with Gasteiger partial charge < -0.3 is 15.4 Å². The quantitative estimate of drug-likeness (QED) is 0.829. The standard InChI is InChI=1S/C15H20N2O3/c1-15(16)7-9-17(10-8-15)13(18)11-3-5-12(6-4-11)14(19)20-2/h3-6H,7-10,16H2,1-2H3. The van der Waals surface area contributed by atoms with Crippen LogP contribution < -0.4 is 5.73 Å². The third kappa shape index (κ3) is 3.17. The van der Waals surface area contributed by atoms with E-state index in [2.05, 4.69) is 4.74 Å². The van der Waals surface area contributed by atoms with Gasteiger partial charge in [-0.3, -0.25) is 4.79 Å². The third-order valence-electron chi connectivity index (χ3n) is 3.75. The van der Waals surface area contributed by atoms with E-state index in [0.29, 0.717) is 24.2 Å². The number of methoxy groups -OCH3 is 1. The van der Waals surface area contributed by atoms with Crippen molar-refractivity contribution < 1.29 is 14.3 Å². The van der Waals surface area contributed by atoms with Crippen LogP contribution in [-0.4, -0.2) is 42.5 Å². The predicted octanol–water partition coefficient (Wildman–Crippen LogP) is 1.43. The van der Waals surface area contributed by atoms with Gasteiger partial charge in [0.25, 0.3) is 5.91 Å². The molecule has 0 atom stereocenters. The number of nitrogens with zero attached hydrogens (tertiary/aromatic N) is 1. The molecule has 2 rings (SSSR count). The van der Waals surface area contributed by atoms with Crippen molar-refractivity contribution in [2.45, 2.75) is 25.3 Å². The Morgan fingerprint density at radius 2 is 1.65 bits per heavy atom. The maximum absolute atomic E-state index is 12.3. The van der Waals surface area contributed by atoms with Crippen LogP contribution in [0.15, 0.2) is 24.3 Å². The molecule has 1 fully saturated rings. The number of piperidine rings is 1. The minimum absolute atomic E-state index is 0.0167. The van der Waals surface area contributed by atoms with Crippen LogP contribution in [0.5, 0.6) is 0 Å². The Kier molecular flexibility index (Phi) is 4.09. The summed E-state index contributed by atoms with van der Waals surface area (Å²) in [6, 6.07) is 6.53. The number of esters is 1. The van der Waals surface area contributed by atoms with Crippen molar-refractivity contribution in [3.05, 3.63) is 35.4 Å². The number of rotatable bonds is 2. The maximum atomic E-state index is 12.3. The average Bonchev–Trinajstić information content (AvgIpc) is 2.46. The molecule has 1 amide bonds. The predicted molar refractivity (Wildman–Crippen MR) is 75.5 cm³/mol. The molecule has 0 aliphatic carbocycles. The first kappa shape index (κ1) is 14.5. The average molecular weight is 276 g/mol. The monoisotopic (exact) mass is 276 g/mol. The van der Waals surface area contributed by atoms with E-state index in [1.165, 1.54) is 7.11 Å². The van der Waals surface area contributed by atoms with E-state index in [-0.39, 0.29) is 11.4 Å². The number of nitrogens with two attached hydrogens (primary N) is 1. The van der Waals surface area contributed by atoms with E-state index in [0.717, 1.165) is 12.8 Å². The molecule has 20 heavy (non-hydrogen) atoms. The van der Waals surface area contributed by atoms with Crippen LogP contribution in [0.3, 0.4) is 0 Å². The van der Waals surface area contributed by atoms with E-state index in [4.69, 9.17) is 5.73 Å². The van der Waals surface area contributed by atoms with Crippen molar-refractivity contribution in [1.29, 1.82) is 0 Å². The second-order valence-corrected chi connectivity index (χ2v) is 5.52. The lowest BCUT2D eigenvalue weighted by Gasteiger charge is -2.36. The molecule has 0 bridgehead atoms. The Hall–Kier alpha value is -1.88. The highest BCUT2D eigenvalue weighted by Gasteiger charge is 2.28. The number of likely N-dealkylation sites (tertiary alicyclic amines) is 1. The Bertz CT molecular complexity index is 498. The number of carbonyl (C=O) groups excluding carboxylic acids is 2. The molecular weight excluding hydrogens is 256 g/mol. The van der Waals surface area contributed by atoms with E-state index in [1.54, 1.807) is 24.3 Å². The fourth-order valence-electron chi connectivity index (χ4n) is 2.27. The van der Waals surface area contributed by atoms with Gasteiger partial charge in [0.15, 0.2) is 0 Å². The van der Waals surface area contributed by atoms with Crippen molar-refractivity contribution in [3.63, 3.8) is 0 Å². The highest BCUT2D eigenvalue weighted by molar-refractivity contribution is 5.96. The molecule has 0 aromatic heterocycles. The van der Waals surface area contributed by atoms with Crippen molar-refractivity contribution in [1.82, 2.24) is 4.90 Å². The van der Waals surface area contributed by atoms with Crippen LogP contribution in [0, 0.1) is 0 Å². The van der Waals surface area contributed by atoms with Gasteiger partial charge in [-0.1, -0.05) is 0 Å². The normalized spacial score (nSPS) is 17.6. The summed E-state index contributed by atoms with van der Waals surface area (Å²) in [4.78, 5) is 25.5. The van der Waals surface area contributed by atoms with E-state index in [1.807, 2.05) is 11.8 Å². The number of amides is 1. The molecule has 1 heterocycles. The first-order chi connectivity index (χ1) is 9.43. The lowest BCUT2D eigenvalue weighted by molar-refractivity contribution is 0.0598. The molecule has 1 aromatic rings. The summed E-state index contributed by atoms with van der Waals surface area (Å²) in [6.45, 7) is 3.36. The van der Waals surface area contributed by atoms with Gasteiger partial charge in [-0.25, -0.2) is 4.79 Å². The fourth-order valence-corrected chi connectivity index (χ4v) is 2.27. The molecule has 0 unspecified atom stereocenters. The van der Waals surface area contributed by atoms with E-state index < -0.39 is 5.97 Å². The van der Waals surface area contributed by atoms with Crippen LogP contribution in [0.4, 0.5) is 0 Å². The van der Waals surface area contributed by atoms with Crippen LogP contribution in [0.2, 0.25) is 0 Å². The molecule has 5 heteroatoms. The lowest BCUT2D eigenvalue weighted by atomic mass is 9.91. The van der Waals surface area contributed by atoms with Crippen molar-refractivity contribution in [2.75, 3.05) is 20.2 Å². The first-order valence-electron chi connectivity index (χ1n) is 6.69. The zero-order chi connectivity index (χ0) is 14.8. The van der Waals surface area contributed by atoms with Gasteiger partial charge in [-0.2, -0.15) is 0 Å². The SMILES string of the molecule is COC(=O)c1ccc(C(=O)N2CCC(C)(N)CC2)cc1. The second-order valence-electron chi connectivity index (χ2n) is 5.52. The molecule has 1 saturated heterocycles. The summed E-state index contributed by atoms with van der Waals surface area (Å²) in [5, 5.41) is 0. The maximum Gasteiger partial charge on any atom is 0.337 e. The van der Waals surface area contributed by atoms with E-state index >= 15 is 0 Å². The molecule has 1 aromatic carbocycles. The number of ether oxygens (including phenoxy) is 1. The summed E-state index contributed by atoms with van der Waals surface area (Å²) in [5.41, 5.74) is 6.91. The molecular formula is C15H20N2O3. The van der Waals surface area contributed by atoms with Crippen LogP contribution >= 0.6 is 0 Å². The zero-order valence-corrected chi connectivity index (χ0v) is 11.9. The molecule has 2 N–H and O–H groups in total. The molecule has 0 spiro atoms. The topological polar surface area (TPSA) is 72.6 Å². The van der Waals surface area contributed by atoms with Crippen molar-refractivity contribution in [2.24, 2.45) is 5.73 Å². The Morgan fingerprint density at radius 1 is 1.15 bits per heavy atom. The summed E-state index contributed by atoms with van der Waals surface area (Å²) < 4.78 is 4.63. The number of hydrogen-bond acceptors (Lipinski definition) is 4. The highest BCUT2D eigenvalue weighted by atomic mass is 16.5. The van der Waals surface area contributed by atoms with Gasteiger partial charge in [-0.15, -0.1) is 0 Å². The molecule has 5 nitrogen and oxygen atoms in total. The minimum atomic E-state index is -0.402. The highest BCUT2D eigenvalue weighted by Crippen LogP contribution is 2.20. The van der Waals surface area contributed by atoms with Crippen molar-refractivity contribution >= 4 is 11.9 Å². The third-order valence-corrected chi connectivity index (χ3v) is 3.75. The van der Waals surface area contributed by atoms with Gasteiger partial charge in [0.1, 0.15) is 0 Å². The summed E-state index contributed by atoms with van der Waals surface area (Å²) >= 11 is 0.